The van der Waals surface area contributed by atoms with Gasteiger partial charge < -0.3 is 14.8 Å². The Morgan fingerprint density at radius 3 is 2.63 bits per heavy atom. The van der Waals surface area contributed by atoms with Crippen LogP contribution in [0.25, 0.3) is 0 Å². The maximum Gasteiger partial charge on any atom is 0.337 e. The molecule has 2 fully saturated rings. The normalized spacial score (nSPS) is 22.5. The van der Waals surface area contributed by atoms with Crippen LogP contribution in [0, 0.1) is 12.8 Å². The quantitative estimate of drug-likeness (QED) is 0.337. The summed E-state index contributed by atoms with van der Waals surface area (Å²) in [4.78, 5) is 23.7. The van der Waals surface area contributed by atoms with Crippen LogP contribution in [-0.2, 0) is 14.9 Å². The Balaban J connectivity index is 1.21. The van der Waals surface area contributed by atoms with E-state index in [0.717, 1.165) is 17.7 Å². The molecule has 0 radical (unpaired) electrons. The zero-order valence-electron chi connectivity index (χ0n) is 16.8. The van der Waals surface area contributed by atoms with Crippen molar-refractivity contribution in [3.63, 3.8) is 0 Å². The molecule has 2 saturated carbocycles. The molecule has 5 nitrogen and oxygen atoms in total. The van der Waals surface area contributed by atoms with E-state index in [1.54, 1.807) is 35.4 Å². The van der Waals surface area contributed by atoms with E-state index in [1.165, 1.54) is 25.0 Å². The van der Waals surface area contributed by atoms with Gasteiger partial charge in [-0.25, -0.2) is 4.79 Å². The predicted molar refractivity (Wildman–Crippen MR) is 113 cm³/mol. The molecule has 0 aliphatic heterocycles. The molecule has 2 aromatic carbocycles. The predicted octanol–water partition coefficient (Wildman–Crippen LogP) is 4.45. The Morgan fingerprint density at radius 1 is 1.13 bits per heavy atom. The van der Waals surface area contributed by atoms with Gasteiger partial charge in [-0.05, 0) is 59.9 Å². The van der Waals surface area contributed by atoms with Crippen molar-refractivity contribution in [1.82, 2.24) is 0 Å². The highest BCUT2D eigenvalue weighted by molar-refractivity contribution is 6.00. The van der Waals surface area contributed by atoms with E-state index in [9.17, 15) is 9.59 Å². The largest absolute Gasteiger partial charge is 0.465 e. The van der Waals surface area contributed by atoms with Crippen LogP contribution in [0.15, 0.2) is 78.1 Å². The van der Waals surface area contributed by atoms with E-state index >= 15 is 0 Å². The third-order valence-electron chi connectivity index (χ3n) is 6.07. The summed E-state index contributed by atoms with van der Waals surface area (Å²) in [5.74, 6) is 0.579. The minimum Gasteiger partial charge on any atom is -0.465 e. The van der Waals surface area contributed by atoms with Gasteiger partial charge in [-0.1, -0.05) is 30.4 Å². The maximum atomic E-state index is 12.1. The average molecular weight is 399 g/mol. The molecule has 0 aromatic heterocycles. The number of amides is 1. The maximum absolute atomic E-state index is 12.1. The van der Waals surface area contributed by atoms with Gasteiger partial charge in [-0.15, -0.1) is 0 Å². The van der Waals surface area contributed by atoms with Crippen molar-refractivity contribution >= 4 is 17.6 Å². The minimum absolute atomic E-state index is 0.218. The summed E-state index contributed by atoms with van der Waals surface area (Å²) in [5, 5.41) is 2.70. The Bertz CT molecular complexity index is 1150. The number of allylic oxidation sites excluding steroid dienone is 4. The van der Waals surface area contributed by atoms with Crippen molar-refractivity contribution in [2.45, 2.75) is 18.8 Å². The van der Waals surface area contributed by atoms with E-state index in [0.29, 0.717) is 17.2 Å². The third kappa shape index (κ3) is 2.77. The third-order valence-corrected chi connectivity index (χ3v) is 6.07. The summed E-state index contributed by atoms with van der Waals surface area (Å²) < 4.78 is 10.4. The van der Waals surface area contributed by atoms with Gasteiger partial charge in [0.05, 0.1) is 18.9 Å². The summed E-state index contributed by atoms with van der Waals surface area (Å²) in [6, 6.07) is 12.8. The zero-order valence-corrected chi connectivity index (χ0v) is 16.8. The highest BCUT2D eigenvalue weighted by atomic mass is 16.5. The number of hydrogen-bond donors (Lipinski definition) is 1. The second-order valence-corrected chi connectivity index (χ2v) is 7.76. The SMILES string of the molecule is COC(=O)c1cccc(NC(=O)/C=C/Oc2ccc(C34C5=CCC=C3C54)cc2C)c1. The Kier molecular flexibility index (Phi) is 4.13. The van der Waals surface area contributed by atoms with Crippen LogP contribution in [0.5, 0.6) is 5.75 Å². The number of nitrogens with one attached hydrogen (secondary N) is 1. The number of carbonyl (C=O) groups is 2. The van der Waals surface area contributed by atoms with Gasteiger partial charge in [0.1, 0.15) is 5.75 Å². The van der Waals surface area contributed by atoms with Crippen molar-refractivity contribution < 1.29 is 19.1 Å². The fourth-order valence-corrected chi connectivity index (χ4v) is 4.55. The zero-order chi connectivity index (χ0) is 20.9. The topological polar surface area (TPSA) is 64.6 Å². The van der Waals surface area contributed by atoms with Crippen molar-refractivity contribution in [2.75, 3.05) is 12.4 Å². The lowest BCUT2D eigenvalue weighted by atomic mass is 9.92. The number of ether oxygens (including phenoxy) is 2. The first-order valence-electron chi connectivity index (χ1n) is 9.90. The first kappa shape index (κ1) is 18.4. The number of methoxy groups -OCH3 is 1. The van der Waals surface area contributed by atoms with Crippen LogP contribution in [0.4, 0.5) is 5.69 Å². The van der Waals surface area contributed by atoms with E-state index in [1.807, 2.05) is 13.0 Å². The summed E-state index contributed by atoms with van der Waals surface area (Å²) in [5.41, 5.74) is 6.61. The molecular weight excluding hydrogens is 378 g/mol. The molecule has 2 aromatic rings. The van der Waals surface area contributed by atoms with Crippen LogP contribution >= 0.6 is 0 Å². The Hall–Kier alpha value is -3.60. The Labute approximate surface area is 174 Å². The first-order valence-corrected chi connectivity index (χ1v) is 9.90. The lowest BCUT2D eigenvalue weighted by Crippen LogP contribution is -2.09. The molecule has 5 rings (SSSR count). The standard InChI is InChI=1S/C25H21NO4/c1-15-13-17(25-19-7-4-8-20(25)23(19)25)9-10-21(15)30-12-11-22(27)26-18-6-3-5-16(14-18)24(28)29-2/h3,5-14,23H,4H2,1-2H3,(H,26,27)/b12-11+. The van der Waals surface area contributed by atoms with Crippen molar-refractivity contribution in [2.24, 2.45) is 5.92 Å². The number of anilines is 1. The molecule has 0 unspecified atom stereocenters. The van der Waals surface area contributed by atoms with E-state index in [-0.39, 0.29) is 11.3 Å². The van der Waals surface area contributed by atoms with Gasteiger partial charge in [0.2, 0.25) is 0 Å². The molecule has 0 spiro atoms. The molecule has 0 bridgehead atoms. The smallest absolute Gasteiger partial charge is 0.337 e. The molecule has 5 heteroatoms. The molecule has 3 aliphatic carbocycles. The van der Waals surface area contributed by atoms with Gasteiger partial charge in [0.15, 0.2) is 0 Å². The molecule has 1 amide bonds. The molecule has 0 heterocycles. The number of esters is 1. The van der Waals surface area contributed by atoms with Gasteiger partial charge in [0, 0.05) is 23.1 Å². The number of aryl methyl sites for hydroxylation is 1. The number of hydrogen-bond acceptors (Lipinski definition) is 4. The summed E-state index contributed by atoms with van der Waals surface area (Å²) in [6.07, 6.45) is 8.45. The van der Waals surface area contributed by atoms with Crippen LogP contribution < -0.4 is 10.1 Å². The van der Waals surface area contributed by atoms with Gasteiger partial charge in [-0.2, -0.15) is 0 Å². The Morgan fingerprint density at radius 2 is 1.93 bits per heavy atom. The number of rotatable bonds is 6. The second-order valence-electron chi connectivity index (χ2n) is 7.76. The van der Waals surface area contributed by atoms with Crippen LogP contribution in [0.1, 0.15) is 27.9 Å². The molecular formula is C25H21NO4. The average Bonchev–Trinajstić information content (AvgIpc) is 3.65. The summed E-state index contributed by atoms with van der Waals surface area (Å²) in [6.45, 7) is 2.01. The van der Waals surface area contributed by atoms with Crippen molar-refractivity contribution in [3.05, 3.63) is 94.8 Å². The molecule has 0 atom stereocenters. The number of carbonyl (C=O) groups excluding carboxylic acids is 2. The van der Waals surface area contributed by atoms with E-state index in [2.05, 4.69) is 34.3 Å². The fraction of sp³-hybridized carbons (Fsp3) is 0.200. The minimum atomic E-state index is -0.455. The molecule has 1 N–H and O–H groups in total. The molecule has 150 valence electrons. The summed E-state index contributed by atoms with van der Waals surface area (Å²) in [7, 11) is 1.32. The number of benzene rings is 2. The monoisotopic (exact) mass is 399 g/mol. The van der Waals surface area contributed by atoms with Crippen LogP contribution in [0.3, 0.4) is 0 Å². The molecule has 0 saturated heterocycles. The molecule has 3 aliphatic rings. The van der Waals surface area contributed by atoms with Crippen LogP contribution in [-0.4, -0.2) is 19.0 Å². The lowest BCUT2D eigenvalue weighted by molar-refractivity contribution is -0.112. The van der Waals surface area contributed by atoms with Crippen molar-refractivity contribution in [1.29, 1.82) is 0 Å². The molecule has 30 heavy (non-hydrogen) atoms. The van der Waals surface area contributed by atoms with Gasteiger partial charge in [0.25, 0.3) is 5.91 Å². The van der Waals surface area contributed by atoms with E-state index < -0.39 is 5.97 Å². The van der Waals surface area contributed by atoms with Crippen LogP contribution in [0.2, 0.25) is 0 Å². The van der Waals surface area contributed by atoms with Gasteiger partial charge >= 0.3 is 5.97 Å². The first-order chi connectivity index (χ1) is 14.6. The summed E-state index contributed by atoms with van der Waals surface area (Å²) >= 11 is 0. The van der Waals surface area contributed by atoms with Crippen molar-refractivity contribution in [3.8, 4) is 5.75 Å². The number of fused-ring (bicyclic) bond motifs is 2. The second kappa shape index (κ2) is 6.73. The van der Waals surface area contributed by atoms with E-state index in [4.69, 9.17) is 4.74 Å². The highest BCUT2D eigenvalue weighted by Crippen LogP contribution is 2.85. The fourth-order valence-electron chi connectivity index (χ4n) is 4.55. The highest BCUT2D eigenvalue weighted by Gasteiger charge is 2.80. The van der Waals surface area contributed by atoms with Gasteiger partial charge in [-0.3, -0.25) is 4.79 Å². The lowest BCUT2D eigenvalue weighted by Gasteiger charge is -2.13.